The van der Waals surface area contributed by atoms with Gasteiger partial charge in [-0.25, -0.2) is 4.79 Å². The molecule has 1 fully saturated rings. The van der Waals surface area contributed by atoms with E-state index < -0.39 is 5.97 Å². The Morgan fingerprint density at radius 1 is 1.29 bits per heavy atom. The smallest absolute Gasteiger partial charge is 0.337 e. The lowest BCUT2D eigenvalue weighted by atomic mass is 9.87. The van der Waals surface area contributed by atoms with Crippen LogP contribution in [0.4, 0.5) is 0 Å². The highest BCUT2D eigenvalue weighted by atomic mass is 16.4. The fraction of sp³-hybridized carbons (Fsp3) is 0.538. The molecule has 1 aromatic heterocycles. The van der Waals surface area contributed by atoms with Gasteiger partial charge in [-0.05, 0) is 37.7 Å². The summed E-state index contributed by atoms with van der Waals surface area (Å²) in [6, 6.07) is 2.88. The summed E-state index contributed by atoms with van der Waals surface area (Å²) >= 11 is 0. The van der Waals surface area contributed by atoms with E-state index >= 15 is 0 Å². The monoisotopic (exact) mass is 235 g/mol. The van der Waals surface area contributed by atoms with Crippen molar-refractivity contribution in [3.8, 4) is 0 Å². The summed E-state index contributed by atoms with van der Waals surface area (Å²) in [5.41, 5.74) is 0.0813. The van der Waals surface area contributed by atoms with Gasteiger partial charge >= 0.3 is 5.97 Å². The Kier molecular flexibility index (Phi) is 3.31. The predicted octanol–water partition coefficient (Wildman–Crippen LogP) is 2.30. The molecule has 0 amide bonds. The molecule has 0 bridgehead atoms. The van der Waals surface area contributed by atoms with Crippen LogP contribution >= 0.6 is 0 Å². The van der Waals surface area contributed by atoms with Crippen LogP contribution in [0.1, 0.15) is 49.0 Å². The summed E-state index contributed by atoms with van der Waals surface area (Å²) in [5, 5.41) is 8.93. The maximum absolute atomic E-state index is 11.7. The molecular weight excluding hydrogens is 218 g/mol. The van der Waals surface area contributed by atoms with Gasteiger partial charge in [0.2, 0.25) is 0 Å². The zero-order valence-corrected chi connectivity index (χ0v) is 9.93. The molecular formula is C13H17NO3. The molecule has 0 saturated heterocycles. The average molecular weight is 235 g/mol. The number of hydrogen-bond acceptors (Lipinski definition) is 2. The van der Waals surface area contributed by atoms with Crippen LogP contribution in [0.2, 0.25) is 0 Å². The maximum atomic E-state index is 11.7. The van der Waals surface area contributed by atoms with Crippen molar-refractivity contribution in [2.75, 3.05) is 0 Å². The number of carbonyl (C=O) groups is 1. The molecule has 0 aromatic carbocycles. The van der Waals surface area contributed by atoms with Gasteiger partial charge in [-0.1, -0.05) is 6.92 Å². The van der Waals surface area contributed by atoms with Gasteiger partial charge in [0.15, 0.2) is 0 Å². The van der Waals surface area contributed by atoms with E-state index in [9.17, 15) is 9.59 Å². The lowest BCUT2D eigenvalue weighted by molar-refractivity contribution is 0.0695. The van der Waals surface area contributed by atoms with Crippen molar-refractivity contribution in [3.05, 3.63) is 34.2 Å². The Balaban J connectivity index is 2.28. The molecule has 0 aliphatic heterocycles. The van der Waals surface area contributed by atoms with E-state index in [1.807, 2.05) is 0 Å². The zero-order valence-electron chi connectivity index (χ0n) is 9.93. The van der Waals surface area contributed by atoms with Crippen LogP contribution < -0.4 is 5.56 Å². The molecule has 0 spiro atoms. The predicted molar refractivity (Wildman–Crippen MR) is 64.3 cm³/mol. The van der Waals surface area contributed by atoms with E-state index in [0.29, 0.717) is 5.92 Å². The summed E-state index contributed by atoms with van der Waals surface area (Å²) in [6.07, 6.45) is 5.61. The number of hydrogen-bond donors (Lipinski definition) is 1. The molecule has 1 N–H and O–H groups in total. The van der Waals surface area contributed by atoms with Gasteiger partial charge in [-0.15, -0.1) is 0 Å². The first-order valence-corrected chi connectivity index (χ1v) is 6.03. The molecule has 0 radical (unpaired) electrons. The molecule has 1 aliphatic rings. The third kappa shape index (κ3) is 2.57. The number of aromatic carboxylic acids is 1. The zero-order chi connectivity index (χ0) is 12.4. The van der Waals surface area contributed by atoms with Gasteiger partial charge in [0.05, 0.1) is 5.56 Å². The van der Waals surface area contributed by atoms with Crippen LogP contribution in [-0.4, -0.2) is 15.6 Å². The second kappa shape index (κ2) is 4.73. The SMILES string of the molecule is CC1CCC(n2cc(C(=O)O)ccc2=O)CC1. The molecule has 1 aliphatic carbocycles. The Labute approximate surface area is 99.9 Å². The quantitative estimate of drug-likeness (QED) is 0.855. The van der Waals surface area contributed by atoms with Crippen LogP contribution in [0.25, 0.3) is 0 Å². The first kappa shape index (κ1) is 11.9. The highest BCUT2D eigenvalue weighted by molar-refractivity contribution is 5.87. The van der Waals surface area contributed by atoms with E-state index in [2.05, 4.69) is 6.92 Å². The minimum atomic E-state index is -0.983. The molecule has 1 aromatic rings. The van der Waals surface area contributed by atoms with E-state index in [1.54, 1.807) is 4.57 Å². The Bertz CT molecular complexity index is 470. The number of pyridine rings is 1. The molecule has 4 nitrogen and oxygen atoms in total. The molecule has 4 heteroatoms. The number of carboxylic acids is 1. The fourth-order valence-electron chi connectivity index (χ4n) is 2.44. The number of aromatic nitrogens is 1. The minimum Gasteiger partial charge on any atom is -0.478 e. The lowest BCUT2D eigenvalue weighted by Crippen LogP contribution is -2.27. The van der Waals surface area contributed by atoms with Crippen molar-refractivity contribution >= 4 is 5.97 Å². The molecule has 1 saturated carbocycles. The molecule has 2 rings (SSSR count). The van der Waals surface area contributed by atoms with Gasteiger partial charge in [0.25, 0.3) is 5.56 Å². The van der Waals surface area contributed by atoms with Gasteiger partial charge in [0.1, 0.15) is 0 Å². The summed E-state index contributed by atoms with van der Waals surface area (Å²) in [7, 11) is 0. The van der Waals surface area contributed by atoms with Crippen molar-refractivity contribution in [2.24, 2.45) is 5.92 Å². The maximum Gasteiger partial charge on any atom is 0.337 e. The minimum absolute atomic E-state index is 0.102. The highest BCUT2D eigenvalue weighted by Gasteiger charge is 2.20. The van der Waals surface area contributed by atoms with Crippen molar-refractivity contribution in [2.45, 2.75) is 38.6 Å². The Morgan fingerprint density at radius 3 is 2.53 bits per heavy atom. The van der Waals surface area contributed by atoms with Crippen molar-refractivity contribution < 1.29 is 9.90 Å². The highest BCUT2D eigenvalue weighted by Crippen LogP contribution is 2.30. The van der Waals surface area contributed by atoms with E-state index in [0.717, 1.165) is 25.7 Å². The summed E-state index contributed by atoms with van der Waals surface area (Å²) in [5.74, 6) is -0.271. The second-order valence-corrected chi connectivity index (χ2v) is 4.88. The lowest BCUT2D eigenvalue weighted by Gasteiger charge is -2.27. The number of rotatable bonds is 2. The molecule has 1 heterocycles. The largest absolute Gasteiger partial charge is 0.478 e. The number of nitrogens with zero attached hydrogens (tertiary/aromatic N) is 1. The normalized spacial score (nSPS) is 24.5. The van der Waals surface area contributed by atoms with Gasteiger partial charge in [-0.3, -0.25) is 4.79 Å². The molecule has 92 valence electrons. The van der Waals surface area contributed by atoms with Gasteiger partial charge in [-0.2, -0.15) is 0 Å². The Morgan fingerprint density at radius 2 is 1.94 bits per heavy atom. The number of carboxylic acid groups (broad SMARTS) is 1. The molecule has 0 unspecified atom stereocenters. The summed E-state index contributed by atoms with van der Waals surface area (Å²) in [6.45, 7) is 2.21. The average Bonchev–Trinajstić information content (AvgIpc) is 2.31. The topological polar surface area (TPSA) is 59.3 Å². The van der Waals surface area contributed by atoms with Crippen molar-refractivity contribution in [1.82, 2.24) is 4.57 Å². The van der Waals surface area contributed by atoms with E-state index in [4.69, 9.17) is 5.11 Å². The van der Waals surface area contributed by atoms with E-state index in [-0.39, 0.29) is 17.2 Å². The Hall–Kier alpha value is -1.58. The third-order valence-electron chi connectivity index (χ3n) is 3.56. The van der Waals surface area contributed by atoms with Gasteiger partial charge < -0.3 is 9.67 Å². The van der Waals surface area contributed by atoms with Gasteiger partial charge in [0, 0.05) is 18.3 Å². The first-order valence-electron chi connectivity index (χ1n) is 6.03. The fourth-order valence-corrected chi connectivity index (χ4v) is 2.44. The van der Waals surface area contributed by atoms with Crippen LogP contribution in [0.5, 0.6) is 0 Å². The standard InChI is InChI=1S/C13H17NO3/c1-9-2-5-11(6-3-9)14-8-10(13(16)17)4-7-12(14)15/h4,7-9,11H,2-3,5-6H2,1H3,(H,16,17). The van der Waals surface area contributed by atoms with Crippen molar-refractivity contribution in [1.29, 1.82) is 0 Å². The first-order chi connectivity index (χ1) is 8.08. The van der Waals surface area contributed by atoms with E-state index in [1.165, 1.54) is 18.3 Å². The third-order valence-corrected chi connectivity index (χ3v) is 3.56. The molecule has 17 heavy (non-hydrogen) atoms. The second-order valence-electron chi connectivity index (χ2n) is 4.88. The van der Waals surface area contributed by atoms with Crippen LogP contribution in [0.3, 0.4) is 0 Å². The molecule has 0 atom stereocenters. The van der Waals surface area contributed by atoms with Crippen LogP contribution in [0, 0.1) is 5.92 Å². The van der Waals surface area contributed by atoms with Crippen LogP contribution in [0.15, 0.2) is 23.1 Å². The van der Waals surface area contributed by atoms with Crippen LogP contribution in [-0.2, 0) is 0 Å². The van der Waals surface area contributed by atoms with Crippen molar-refractivity contribution in [3.63, 3.8) is 0 Å². The summed E-state index contributed by atoms with van der Waals surface area (Å²) in [4.78, 5) is 22.6. The summed E-state index contributed by atoms with van der Waals surface area (Å²) < 4.78 is 1.59.